The maximum absolute atomic E-state index is 11.7. The minimum Gasteiger partial charge on any atom is -0.299 e. The lowest BCUT2D eigenvalue weighted by molar-refractivity contribution is -0.126. The summed E-state index contributed by atoms with van der Waals surface area (Å²) in [5, 5.41) is 0. The number of unbranched alkanes of at least 4 members (excludes halogenated alkanes) is 2. The Morgan fingerprint density at radius 3 is 2.79 bits per heavy atom. The first-order chi connectivity index (χ1) is 6.75. The van der Waals surface area contributed by atoms with Gasteiger partial charge in [0.2, 0.25) is 0 Å². The summed E-state index contributed by atoms with van der Waals surface area (Å²) < 4.78 is 0. The predicted molar refractivity (Wildman–Crippen MR) is 60.3 cm³/mol. The van der Waals surface area contributed by atoms with Crippen LogP contribution in [-0.2, 0) is 4.79 Å². The van der Waals surface area contributed by atoms with Crippen LogP contribution in [0.5, 0.6) is 0 Å². The van der Waals surface area contributed by atoms with Gasteiger partial charge in [0.05, 0.1) is 0 Å². The molecule has 0 N–H and O–H groups in total. The summed E-state index contributed by atoms with van der Waals surface area (Å²) in [7, 11) is 0. The highest BCUT2D eigenvalue weighted by atomic mass is 16.1. The first kappa shape index (κ1) is 11.7. The Labute approximate surface area is 88.3 Å². The number of hydrogen-bond donors (Lipinski definition) is 0. The molecule has 0 aromatic carbocycles. The van der Waals surface area contributed by atoms with Crippen molar-refractivity contribution in [3.63, 3.8) is 0 Å². The van der Waals surface area contributed by atoms with Gasteiger partial charge >= 0.3 is 0 Å². The largest absolute Gasteiger partial charge is 0.299 e. The first-order valence-electron chi connectivity index (χ1n) is 6.28. The van der Waals surface area contributed by atoms with Crippen molar-refractivity contribution in [2.45, 2.75) is 65.2 Å². The highest BCUT2D eigenvalue weighted by molar-refractivity contribution is 5.81. The van der Waals surface area contributed by atoms with Crippen LogP contribution in [0, 0.1) is 11.8 Å². The zero-order valence-corrected chi connectivity index (χ0v) is 9.72. The van der Waals surface area contributed by atoms with E-state index >= 15 is 0 Å². The smallest absolute Gasteiger partial charge is 0.136 e. The molecular weight excluding hydrogens is 172 g/mol. The second-order valence-electron chi connectivity index (χ2n) is 4.79. The van der Waals surface area contributed by atoms with E-state index in [1.165, 1.54) is 32.1 Å². The standard InChI is InChI=1S/C13H24O/c1-3-4-5-8-11(2)12-9-6-7-10-13(12)14/h11-12H,3-10H2,1-2H3/t11-,12?/m1/s1. The predicted octanol–water partition coefficient (Wildman–Crippen LogP) is 3.96. The Hall–Kier alpha value is -0.330. The van der Waals surface area contributed by atoms with E-state index in [0.717, 1.165) is 19.3 Å². The van der Waals surface area contributed by atoms with E-state index in [4.69, 9.17) is 0 Å². The van der Waals surface area contributed by atoms with Gasteiger partial charge in [-0.3, -0.25) is 4.79 Å². The zero-order chi connectivity index (χ0) is 10.4. The van der Waals surface area contributed by atoms with Gasteiger partial charge in [-0.1, -0.05) is 46.0 Å². The molecule has 0 heterocycles. The van der Waals surface area contributed by atoms with Crippen molar-refractivity contribution < 1.29 is 4.79 Å². The van der Waals surface area contributed by atoms with E-state index in [9.17, 15) is 4.79 Å². The summed E-state index contributed by atoms with van der Waals surface area (Å²) in [6, 6.07) is 0. The van der Waals surface area contributed by atoms with Crippen LogP contribution in [0.4, 0.5) is 0 Å². The van der Waals surface area contributed by atoms with Crippen LogP contribution in [0.25, 0.3) is 0 Å². The lowest BCUT2D eigenvalue weighted by atomic mass is 9.78. The van der Waals surface area contributed by atoms with Crippen LogP contribution in [-0.4, -0.2) is 5.78 Å². The third-order valence-corrected chi connectivity index (χ3v) is 3.55. The van der Waals surface area contributed by atoms with Crippen molar-refractivity contribution in [1.29, 1.82) is 0 Å². The molecule has 0 bridgehead atoms. The molecule has 1 aliphatic carbocycles. The molecule has 1 heteroatoms. The van der Waals surface area contributed by atoms with Crippen molar-refractivity contribution in [3.8, 4) is 0 Å². The van der Waals surface area contributed by atoms with E-state index in [2.05, 4.69) is 13.8 Å². The minimum absolute atomic E-state index is 0.403. The molecule has 0 radical (unpaired) electrons. The van der Waals surface area contributed by atoms with Gasteiger partial charge in [0.15, 0.2) is 0 Å². The molecule has 0 aromatic rings. The van der Waals surface area contributed by atoms with Gasteiger partial charge in [-0.25, -0.2) is 0 Å². The monoisotopic (exact) mass is 196 g/mol. The third-order valence-electron chi connectivity index (χ3n) is 3.55. The highest BCUT2D eigenvalue weighted by Crippen LogP contribution is 2.29. The molecule has 0 aliphatic heterocycles. The Morgan fingerprint density at radius 1 is 1.36 bits per heavy atom. The molecule has 1 aliphatic rings. The van der Waals surface area contributed by atoms with Crippen LogP contribution < -0.4 is 0 Å². The van der Waals surface area contributed by atoms with Crippen LogP contribution in [0.15, 0.2) is 0 Å². The summed E-state index contributed by atoms with van der Waals surface area (Å²) in [6.07, 6.45) is 9.59. The number of Topliss-reactive ketones (excluding diaryl/α,β-unsaturated/α-hetero) is 1. The Balaban J connectivity index is 2.27. The van der Waals surface area contributed by atoms with Gasteiger partial charge in [0, 0.05) is 12.3 Å². The molecule has 1 unspecified atom stereocenters. The molecule has 14 heavy (non-hydrogen) atoms. The van der Waals surface area contributed by atoms with Gasteiger partial charge < -0.3 is 0 Å². The lowest BCUT2D eigenvalue weighted by Crippen LogP contribution is -2.25. The van der Waals surface area contributed by atoms with Crippen molar-refractivity contribution in [2.75, 3.05) is 0 Å². The van der Waals surface area contributed by atoms with E-state index in [1.54, 1.807) is 0 Å². The van der Waals surface area contributed by atoms with Gasteiger partial charge in [-0.05, 0) is 18.8 Å². The maximum atomic E-state index is 11.7. The average molecular weight is 196 g/mol. The topological polar surface area (TPSA) is 17.1 Å². The molecule has 1 rings (SSSR count). The fourth-order valence-corrected chi connectivity index (χ4v) is 2.53. The molecule has 1 nitrogen and oxygen atoms in total. The number of rotatable bonds is 5. The van der Waals surface area contributed by atoms with E-state index in [1.807, 2.05) is 0 Å². The summed E-state index contributed by atoms with van der Waals surface area (Å²) in [5.41, 5.74) is 0. The Kier molecular flexibility index (Phi) is 5.21. The highest BCUT2D eigenvalue weighted by Gasteiger charge is 2.26. The van der Waals surface area contributed by atoms with Gasteiger partial charge in [0.25, 0.3) is 0 Å². The quantitative estimate of drug-likeness (QED) is 0.608. The minimum atomic E-state index is 0.403. The van der Waals surface area contributed by atoms with Crippen molar-refractivity contribution in [2.24, 2.45) is 11.8 Å². The number of carbonyl (C=O) groups is 1. The van der Waals surface area contributed by atoms with Crippen LogP contribution >= 0.6 is 0 Å². The van der Waals surface area contributed by atoms with Gasteiger partial charge in [-0.2, -0.15) is 0 Å². The molecule has 0 aromatic heterocycles. The number of carbonyl (C=O) groups excluding carboxylic acids is 1. The summed E-state index contributed by atoms with van der Waals surface area (Å²) in [6.45, 7) is 4.50. The molecular formula is C13H24O. The van der Waals surface area contributed by atoms with E-state index in [0.29, 0.717) is 17.6 Å². The molecule has 1 fully saturated rings. The number of hydrogen-bond acceptors (Lipinski definition) is 1. The lowest BCUT2D eigenvalue weighted by Gasteiger charge is -2.26. The Bertz CT molecular complexity index is 174. The first-order valence-corrected chi connectivity index (χ1v) is 6.28. The SMILES string of the molecule is CCCCC[C@@H](C)C1CCCCC1=O. The van der Waals surface area contributed by atoms with Gasteiger partial charge in [-0.15, -0.1) is 0 Å². The van der Waals surface area contributed by atoms with Crippen molar-refractivity contribution >= 4 is 5.78 Å². The molecule has 0 spiro atoms. The Morgan fingerprint density at radius 2 is 2.14 bits per heavy atom. The molecule has 2 atom stereocenters. The van der Waals surface area contributed by atoms with Crippen LogP contribution in [0.1, 0.15) is 65.2 Å². The number of ketones is 1. The van der Waals surface area contributed by atoms with E-state index in [-0.39, 0.29) is 0 Å². The second kappa shape index (κ2) is 6.21. The van der Waals surface area contributed by atoms with E-state index < -0.39 is 0 Å². The van der Waals surface area contributed by atoms with Crippen LogP contribution in [0.3, 0.4) is 0 Å². The van der Waals surface area contributed by atoms with Crippen molar-refractivity contribution in [1.82, 2.24) is 0 Å². The van der Waals surface area contributed by atoms with Crippen LogP contribution in [0.2, 0.25) is 0 Å². The molecule has 82 valence electrons. The summed E-state index contributed by atoms with van der Waals surface area (Å²) in [4.78, 5) is 11.7. The normalized spacial score (nSPS) is 25.0. The second-order valence-corrected chi connectivity index (χ2v) is 4.79. The maximum Gasteiger partial charge on any atom is 0.136 e. The zero-order valence-electron chi connectivity index (χ0n) is 9.72. The van der Waals surface area contributed by atoms with Crippen molar-refractivity contribution in [3.05, 3.63) is 0 Å². The fourth-order valence-electron chi connectivity index (χ4n) is 2.53. The third kappa shape index (κ3) is 3.43. The molecule has 0 saturated heterocycles. The summed E-state index contributed by atoms with van der Waals surface area (Å²) in [5.74, 6) is 1.58. The molecule has 1 saturated carbocycles. The summed E-state index contributed by atoms with van der Waals surface area (Å²) >= 11 is 0. The fraction of sp³-hybridized carbons (Fsp3) is 0.923. The molecule has 0 amide bonds. The average Bonchev–Trinajstić information content (AvgIpc) is 2.18. The van der Waals surface area contributed by atoms with Gasteiger partial charge in [0.1, 0.15) is 5.78 Å².